The quantitative estimate of drug-likeness (QED) is 0.692. The highest BCUT2D eigenvalue weighted by Gasteiger charge is 2.44. The molecule has 1 fully saturated rings. The van der Waals surface area contributed by atoms with Crippen molar-refractivity contribution in [1.82, 2.24) is 0 Å². The highest BCUT2D eigenvalue weighted by molar-refractivity contribution is 5.69. The van der Waals surface area contributed by atoms with Crippen LogP contribution in [0.5, 0.6) is 11.5 Å². The fourth-order valence-corrected chi connectivity index (χ4v) is 2.11. The molecule has 3 rings (SSSR count). The summed E-state index contributed by atoms with van der Waals surface area (Å²) < 4.78 is 16.2. The third-order valence-corrected chi connectivity index (χ3v) is 2.91. The van der Waals surface area contributed by atoms with Gasteiger partial charge in [0.05, 0.1) is 14.2 Å². The van der Waals surface area contributed by atoms with Crippen molar-refractivity contribution in [2.24, 2.45) is 0 Å². The van der Waals surface area contributed by atoms with E-state index in [1.807, 2.05) is 18.2 Å². The van der Waals surface area contributed by atoms with Gasteiger partial charge in [-0.25, -0.2) is 0 Å². The maximum absolute atomic E-state index is 5.52. The first-order valence-electron chi connectivity index (χ1n) is 4.93. The third-order valence-electron chi connectivity index (χ3n) is 2.91. The highest BCUT2D eigenvalue weighted by atomic mass is 16.6. The summed E-state index contributed by atoms with van der Waals surface area (Å²) >= 11 is 0. The fourth-order valence-electron chi connectivity index (χ4n) is 2.11. The van der Waals surface area contributed by atoms with Crippen LogP contribution in [0.25, 0.3) is 6.08 Å². The van der Waals surface area contributed by atoms with Gasteiger partial charge in [-0.05, 0) is 12.1 Å². The number of rotatable bonds is 2. The summed E-state index contributed by atoms with van der Waals surface area (Å²) in [5.41, 5.74) is 2.19. The van der Waals surface area contributed by atoms with E-state index < -0.39 is 0 Å². The molecule has 1 saturated heterocycles. The van der Waals surface area contributed by atoms with Crippen LogP contribution in [0.1, 0.15) is 17.2 Å². The molecule has 2 aliphatic rings. The zero-order valence-electron chi connectivity index (χ0n) is 8.69. The van der Waals surface area contributed by atoms with Crippen LogP contribution < -0.4 is 9.47 Å². The molecular formula is C12H12O3. The van der Waals surface area contributed by atoms with Gasteiger partial charge < -0.3 is 14.2 Å². The van der Waals surface area contributed by atoms with E-state index in [0.29, 0.717) is 0 Å². The molecule has 0 amide bonds. The van der Waals surface area contributed by atoms with Crippen molar-refractivity contribution in [3.8, 4) is 11.5 Å². The predicted octanol–water partition coefficient (Wildman–Crippen LogP) is 2.17. The molecule has 15 heavy (non-hydrogen) atoms. The molecule has 3 heteroatoms. The normalized spacial score (nSPS) is 25.5. The Morgan fingerprint density at radius 2 is 1.87 bits per heavy atom. The van der Waals surface area contributed by atoms with Crippen molar-refractivity contribution < 1.29 is 14.2 Å². The van der Waals surface area contributed by atoms with Crippen LogP contribution in [-0.2, 0) is 4.74 Å². The highest BCUT2D eigenvalue weighted by Crippen LogP contribution is 2.50. The summed E-state index contributed by atoms with van der Waals surface area (Å²) in [6.45, 7) is 0. The predicted molar refractivity (Wildman–Crippen MR) is 56.2 cm³/mol. The van der Waals surface area contributed by atoms with E-state index in [1.54, 1.807) is 14.2 Å². The standard InChI is InChI=1S/C12H12O3/c1-13-8-5-6-9(14-2)11-7(8)3-4-10-12(11)15-10/h3-6,10,12H,1-2H3. The Hall–Kier alpha value is -1.48. The molecule has 0 radical (unpaired) electrons. The fraction of sp³-hybridized carbons (Fsp3) is 0.333. The second-order valence-corrected chi connectivity index (χ2v) is 3.68. The Balaban J connectivity index is 2.21. The lowest BCUT2D eigenvalue weighted by Crippen LogP contribution is -2.01. The van der Waals surface area contributed by atoms with Gasteiger partial charge in [0.1, 0.15) is 23.7 Å². The van der Waals surface area contributed by atoms with Gasteiger partial charge in [0.15, 0.2) is 0 Å². The van der Waals surface area contributed by atoms with Crippen LogP contribution in [0.3, 0.4) is 0 Å². The molecule has 2 unspecified atom stereocenters. The number of benzene rings is 1. The lowest BCUT2D eigenvalue weighted by atomic mass is 9.95. The van der Waals surface area contributed by atoms with Crippen LogP contribution in [0, 0.1) is 0 Å². The average Bonchev–Trinajstić information content (AvgIpc) is 3.06. The molecule has 0 aromatic heterocycles. The molecule has 3 nitrogen and oxygen atoms in total. The second-order valence-electron chi connectivity index (χ2n) is 3.68. The Labute approximate surface area is 88.3 Å². The van der Waals surface area contributed by atoms with E-state index >= 15 is 0 Å². The first-order valence-corrected chi connectivity index (χ1v) is 4.93. The molecule has 1 aliphatic heterocycles. The van der Waals surface area contributed by atoms with Crippen LogP contribution >= 0.6 is 0 Å². The number of hydrogen-bond donors (Lipinski definition) is 0. The molecule has 1 aliphatic carbocycles. The Kier molecular flexibility index (Phi) is 1.76. The summed E-state index contributed by atoms with van der Waals surface area (Å²) in [7, 11) is 3.35. The molecule has 78 valence electrons. The third kappa shape index (κ3) is 1.16. The van der Waals surface area contributed by atoms with Gasteiger partial charge in [0.2, 0.25) is 0 Å². The van der Waals surface area contributed by atoms with Crippen molar-refractivity contribution >= 4 is 6.08 Å². The van der Waals surface area contributed by atoms with Gasteiger partial charge in [-0.2, -0.15) is 0 Å². The SMILES string of the molecule is COc1ccc(OC)c2c1C=CC1OC21. The minimum absolute atomic E-state index is 0.162. The molecule has 1 heterocycles. The van der Waals surface area contributed by atoms with E-state index in [9.17, 15) is 0 Å². The number of epoxide rings is 1. The Bertz CT molecular complexity index is 437. The van der Waals surface area contributed by atoms with E-state index in [2.05, 4.69) is 6.08 Å². The van der Waals surface area contributed by atoms with E-state index in [1.165, 1.54) is 0 Å². The van der Waals surface area contributed by atoms with Gasteiger partial charge in [-0.1, -0.05) is 12.2 Å². The van der Waals surface area contributed by atoms with Crippen molar-refractivity contribution in [2.45, 2.75) is 12.2 Å². The van der Waals surface area contributed by atoms with Gasteiger partial charge in [-0.15, -0.1) is 0 Å². The largest absolute Gasteiger partial charge is 0.496 e. The smallest absolute Gasteiger partial charge is 0.126 e. The summed E-state index contributed by atoms with van der Waals surface area (Å²) in [5.74, 6) is 1.75. The number of hydrogen-bond acceptors (Lipinski definition) is 3. The average molecular weight is 204 g/mol. The Morgan fingerprint density at radius 1 is 1.13 bits per heavy atom. The zero-order valence-corrected chi connectivity index (χ0v) is 8.69. The number of ether oxygens (including phenoxy) is 3. The van der Waals surface area contributed by atoms with Crippen LogP contribution in [0.4, 0.5) is 0 Å². The lowest BCUT2D eigenvalue weighted by molar-refractivity contribution is 0.371. The summed E-state index contributed by atoms with van der Waals surface area (Å²) in [6.07, 6.45) is 4.51. The van der Waals surface area contributed by atoms with E-state index in [-0.39, 0.29) is 12.2 Å². The minimum atomic E-state index is 0.162. The van der Waals surface area contributed by atoms with E-state index in [4.69, 9.17) is 14.2 Å². The molecule has 0 spiro atoms. The van der Waals surface area contributed by atoms with Gasteiger partial charge >= 0.3 is 0 Å². The van der Waals surface area contributed by atoms with Crippen molar-refractivity contribution in [2.75, 3.05) is 14.2 Å². The molecule has 0 N–H and O–H groups in total. The summed E-state index contributed by atoms with van der Waals surface area (Å²) in [6, 6.07) is 3.85. The summed E-state index contributed by atoms with van der Waals surface area (Å²) in [4.78, 5) is 0. The van der Waals surface area contributed by atoms with Crippen LogP contribution in [0.15, 0.2) is 18.2 Å². The number of fused-ring (bicyclic) bond motifs is 3. The van der Waals surface area contributed by atoms with Gasteiger partial charge in [0, 0.05) is 11.1 Å². The maximum atomic E-state index is 5.52. The molecule has 2 atom stereocenters. The first-order chi connectivity index (χ1) is 7.35. The van der Waals surface area contributed by atoms with E-state index in [0.717, 1.165) is 22.6 Å². The molecular weight excluding hydrogens is 192 g/mol. The molecule has 1 aromatic rings. The molecule has 0 bridgehead atoms. The molecule has 0 saturated carbocycles. The zero-order chi connectivity index (χ0) is 10.4. The lowest BCUT2D eigenvalue weighted by Gasteiger charge is -2.15. The first kappa shape index (κ1) is 8.80. The van der Waals surface area contributed by atoms with Crippen LogP contribution in [0.2, 0.25) is 0 Å². The maximum Gasteiger partial charge on any atom is 0.126 e. The second kappa shape index (κ2) is 3.00. The molecule has 1 aromatic carbocycles. The van der Waals surface area contributed by atoms with Gasteiger partial charge in [0.25, 0.3) is 0 Å². The monoisotopic (exact) mass is 204 g/mol. The topological polar surface area (TPSA) is 31.0 Å². The van der Waals surface area contributed by atoms with Crippen molar-refractivity contribution in [3.05, 3.63) is 29.3 Å². The van der Waals surface area contributed by atoms with Crippen molar-refractivity contribution in [1.29, 1.82) is 0 Å². The summed E-state index contributed by atoms with van der Waals surface area (Å²) in [5, 5.41) is 0. The van der Waals surface area contributed by atoms with Gasteiger partial charge in [-0.3, -0.25) is 0 Å². The van der Waals surface area contributed by atoms with Crippen LogP contribution in [-0.4, -0.2) is 20.3 Å². The Morgan fingerprint density at radius 3 is 2.60 bits per heavy atom. The minimum Gasteiger partial charge on any atom is -0.496 e. The number of methoxy groups -OCH3 is 2. The van der Waals surface area contributed by atoms with Crippen molar-refractivity contribution in [3.63, 3.8) is 0 Å².